The zero-order valence-corrected chi connectivity index (χ0v) is 16.2. The topological polar surface area (TPSA) is 96.2 Å². The van der Waals surface area contributed by atoms with E-state index in [1.807, 2.05) is 27.7 Å². The summed E-state index contributed by atoms with van der Waals surface area (Å²) in [5.41, 5.74) is -1.05. The molecule has 0 aromatic rings. The summed E-state index contributed by atoms with van der Waals surface area (Å²) in [4.78, 5) is 18.7. The molecule has 3 N–H and O–H groups in total. The molecule has 0 aliphatic rings. The van der Waals surface area contributed by atoms with E-state index in [1.165, 1.54) is 13.8 Å². The van der Waals surface area contributed by atoms with Crippen LogP contribution in [0, 0.1) is 5.41 Å². The molecule has 134 valence electrons. The van der Waals surface area contributed by atoms with Gasteiger partial charge in [0.1, 0.15) is 0 Å². The lowest BCUT2D eigenvalue weighted by molar-refractivity contribution is -0.267. The van der Waals surface area contributed by atoms with Gasteiger partial charge >= 0.3 is 7.60 Å². The van der Waals surface area contributed by atoms with Gasteiger partial charge in [-0.3, -0.25) is 4.57 Å². The molecule has 0 saturated carbocycles. The summed E-state index contributed by atoms with van der Waals surface area (Å²) in [6.45, 7) is 15.4. The normalized spacial score (nSPS) is 16.7. The molecule has 0 fully saturated rings. The first-order valence-corrected chi connectivity index (χ1v) is 9.08. The smallest absolute Gasteiger partial charge is 0.356 e. The lowest BCUT2D eigenvalue weighted by atomic mass is 9.73. The molecular formula is C15H33O6P. The summed E-state index contributed by atoms with van der Waals surface area (Å²) in [6.07, 6.45) is 0.127. The molecule has 0 aliphatic heterocycles. The van der Waals surface area contributed by atoms with Crippen molar-refractivity contribution in [3.05, 3.63) is 0 Å². The van der Waals surface area contributed by atoms with Gasteiger partial charge in [-0.15, -0.1) is 0 Å². The van der Waals surface area contributed by atoms with Gasteiger partial charge in [0.05, 0.1) is 11.7 Å². The summed E-state index contributed by atoms with van der Waals surface area (Å²) >= 11 is 0. The maximum absolute atomic E-state index is 11.5. The third kappa shape index (κ3) is 6.26. The molecule has 0 bridgehead atoms. The second kappa shape index (κ2) is 6.50. The zero-order valence-electron chi connectivity index (χ0n) is 15.3. The van der Waals surface area contributed by atoms with Crippen LogP contribution in [0.5, 0.6) is 0 Å². The van der Waals surface area contributed by atoms with Crippen molar-refractivity contribution in [2.75, 3.05) is 0 Å². The van der Waals surface area contributed by atoms with Crippen LogP contribution in [-0.4, -0.2) is 37.7 Å². The third-order valence-electron chi connectivity index (χ3n) is 4.12. The predicted molar refractivity (Wildman–Crippen MR) is 86.5 cm³/mol. The molecule has 0 saturated heterocycles. The van der Waals surface area contributed by atoms with E-state index in [9.17, 15) is 19.5 Å². The highest BCUT2D eigenvalue weighted by molar-refractivity contribution is 7.53. The van der Waals surface area contributed by atoms with Crippen molar-refractivity contribution in [2.24, 2.45) is 5.41 Å². The molecule has 0 aromatic carbocycles. The second-order valence-electron chi connectivity index (χ2n) is 8.07. The van der Waals surface area contributed by atoms with Gasteiger partial charge in [0.25, 0.3) is 0 Å². The highest BCUT2D eigenvalue weighted by atomic mass is 31.2. The lowest BCUT2D eigenvalue weighted by Crippen LogP contribution is -2.49. The van der Waals surface area contributed by atoms with Gasteiger partial charge in [0.2, 0.25) is 0 Å². The zero-order chi connectivity index (χ0) is 18.2. The fourth-order valence-electron chi connectivity index (χ4n) is 2.33. The first-order chi connectivity index (χ1) is 9.31. The minimum Gasteiger partial charge on any atom is -0.366 e. The van der Waals surface area contributed by atoms with Crippen molar-refractivity contribution in [2.45, 2.75) is 91.6 Å². The van der Waals surface area contributed by atoms with E-state index in [0.717, 1.165) is 0 Å². The van der Waals surface area contributed by atoms with Crippen LogP contribution in [0.4, 0.5) is 0 Å². The van der Waals surface area contributed by atoms with Crippen molar-refractivity contribution in [1.29, 1.82) is 0 Å². The second-order valence-corrected chi connectivity index (χ2v) is 10.2. The van der Waals surface area contributed by atoms with Crippen molar-refractivity contribution in [3.63, 3.8) is 0 Å². The van der Waals surface area contributed by atoms with Gasteiger partial charge in [-0.05, 0) is 60.3 Å². The fourth-order valence-corrected chi connectivity index (χ4v) is 2.65. The monoisotopic (exact) mass is 340 g/mol. The van der Waals surface area contributed by atoms with E-state index < -0.39 is 29.7 Å². The Balaban J connectivity index is 5.02. The third-order valence-corrected chi connectivity index (χ3v) is 5.63. The molecule has 0 rings (SSSR count). The van der Waals surface area contributed by atoms with Crippen LogP contribution in [0.15, 0.2) is 0 Å². The van der Waals surface area contributed by atoms with Crippen molar-refractivity contribution in [1.82, 2.24) is 0 Å². The standard InChI is InChI=1S/C15H33O6P/c1-11(20-15(8,9)22(17,18)19)10-12(2,3)13(4,5)21-14(6,7)16/h11,16H,10H2,1-9H3,(H2,17,18,19). The van der Waals surface area contributed by atoms with Gasteiger partial charge < -0.3 is 24.4 Å². The van der Waals surface area contributed by atoms with Gasteiger partial charge in [0, 0.05) is 0 Å². The van der Waals surface area contributed by atoms with E-state index in [0.29, 0.717) is 6.42 Å². The quantitative estimate of drug-likeness (QED) is 0.464. The molecule has 0 radical (unpaired) electrons. The van der Waals surface area contributed by atoms with E-state index >= 15 is 0 Å². The molecule has 0 aliphatic carbocycles. The fraction of sp³-hybridized carbons (Fsp3) is 1.00. The van der Waals surface area contributed by atoms with Crippen LogP contribution in [0.2, 0.25) is 0 Å². The van der Waals surface area contributed by atoms with Gasteiger partial charge in [-0.1, -0.05) is 13.8 Å². The maximum Gasteiger partial charge on any atom is 0.356 e. The van der Waals surface area contributed by atoms with Crippen molar-refractivity contribution >= 4 is 7.60 Å². The van der Waals surface area contributed by atoms with Gasteiger partial charge in [0.15, 0.2) is 11.1 Å². The predicted octanol–water partition coefficient (Wildman–Crippen LogP) is 3.25. The number of hydrogen-bond donors (Lipinski definition) is 3. The number of aliphatic hydroxyl groups is 1. The van der Waals surface area contributed by atoms with E-state index in [4.69, 9.17) is 9.47 Å². The van der Waals surface area contributed by atoms with E-state index in [2.05, 4.69) is 0 Å². The van der Waals surface area contributed by atoms with Gasteiger partial charge in [-0.25, -0.2) is 0 Å². The molecule has 1 atom stereocenters. The summed E-state index contributed by atoms with van der Waals surface area (Å²) in [5, 5.41) is 8.35. The van der Waals surface area contributed by atoms with Gasteiger partial charge in [-0.2, -0.15) is 0 Å². The van der Waals surface area contributed by atoms with Crippen LogP contribution in [-0.2, 0) is 14.0 Å². The van der Waals surface area contributed by atoms with E-state index in [1.54, 1.807) is 20.8 Å². The van der Waals surface area contributed by atoms with Crippen LogP contribution >= 0.6 is 7.60 Å². The number of hydrogen-bond acceptors (Lipinski definition) is 4. The van der Waals surface area contributed by atoms with Crippen LogP contribution in [0.1, 0.15) is 68.7 Å². The minimum atomic E-state index is -4.36. The molecule has 0 aromatic heterocycles. The van der Waals surface area contributed by atoms with Crippen LogP contribution in [0.25, 0.3) is 0 Å². The molecule has 0 amide bonds. The Hall–Kier alpha value is 0.0300. The highest BCUT2D eigenvalue weighted by Crippen LogP contribution is 2.52. The Morgan fingerprint density at radius 2 is 1.41 bits per heavy atom. The highest BCUT2D eigenvalue weighted by Gasteiger charge is 2.45. The Kier molecular flexibility index (Phi) is 6.51. The molecule has 6 nitrogen and oxygen atoms in total. The average molecular weight is 340 g/mol. The minimum absolute atomic E-state index is 0.387. The Morgan fingerprint density at radius 1 is 1.00 bits per heavy atom. The Morgan fingerprint density at radius 3 is 1.73 bits per heavy atom. The molecule has 0 spiro atoms. The Bertz CT molecular complexity index is 416. The first-order valence-electron chi connectivity index (χ1n) is 7.47. The Labute approximate surface area is 134 Å². The van der Waals surface area contributed by atoms with Crippen molar-refractivity contribution < 1.29 is 28.9 Å². The maximum atomic E-state index is 11.5. The summed E-state index contributed by atoms with van der Waals surface area (Å²) in [5.74, 6) is -1.27. The first kappa shape index (κ1) is 22.0. The number of rotatable bonds is 8. The molecular weight excluding hydrogens is 307 g/mol. The SMILES string of the molecule is CC(CC(C)(C)C(C)(C)OC(C)(C)O)OC(C)(C)P(=O)(O)O. The van der Waals surface area contributed by atoms with Crippen molar-refractivity contribution in [3.8, 4) is 0 Å². The van der Waals surface area contributed by atoms with Crippen LogP contribution in [0.3, 0.4) is 0 Å². The largest absolute Gasteiger partial charge is 0.366 e. The van der Waals surface area contributed by atoms with E-state index in [-0.39, 0.29) is 6.10 Å². The summed E-state index contributed by atoms with van der Waals surface area (Å²) < 4.78 is 22.8. The number of ether oxygens (including phenoxy) is 2. The van der Waals surface area contributed by atoms with Crippen LogP contribution < -0.4 is 0 Å². The lowest BCUT2D eigenvalue weighted by Gasteiger charge is -2.46. The molecule has 1 unspecified atom stereocenters. The summed E-state index contributed by atoms with van der Waals surface area (Å²) in [7, 11) is -4.36. The molecule has 7 heteroatoms. The average Bonchev–Trinajstić information content (AvgIpc) is 2.07. The summed E-state index contributed by atoms with van der Waals surface area (Å²) in [6, 6.07) is 0. The molecule has 22 heavy (non-hydrogen) atoms. The molecule has 0 heterocycles.